The van der Waals surface area contributed by atoms with Crippen molar-refractivity contribution < 1.29 is 14.2 Å². The number of benzene rings is 2. The van der Waals surface area contributed by atoms with E-state index in [-0.39, 0.29) is 0 Å². The maximum absolute atomic E-state index is 5.91. The zero-order valence-corrected chi connectivity index (χ0v) is 12.2. The number of nitrogens with two attached hydrogens (primary N) is 1. The summed E-state index contributed by atoms with van der Waals surface area (Å²) in [5.41, 5.74) is 6.42. The van der Waals surface area contributed by atoms with Crippen LogP contribution in [0.3, 0.4) is 0 Å². The molecule has 0 spiro atoms. The van der Waals surface area contributed by atoms with Crippen LogP contribution in [-0.2, 0) is 0 Å². The molecule has 2 aromatic rings. The molecule has 0 unspecified atom stereocenters. The lowest BCUT2D eigenvalue weighted by molar-refractivity contribution is 0.411. The molecule has 2 aromatic carbocycles. The summed E-state index contributed by atoms with van der Waals surface area (Å²) < 4.78 is 16.8. The number of hydrogen-bond acceptors (Lipinski definition) is 4. The largest absolute Gasteiger partial charge is 0.497 e. The first-order chi connectivity index (χ1) is 9.13. The van der Waals surface area contributed by atoms with E-state index in [1.807, 2.05) is 18.2 Å². The van der Waals surface area contributed by atoms with Gasteiger partial charge in [0.05, 0.1) is 24.4 Å². The van der Waals surface area contributed by atoms with Crippen molar-refractivity contribution in [2.75, 3.05) is 20.0 Å². The highest BCUT2D eigenvalue weighted by Crippen LogP contribution is 2.36. The monoisotopic (exact) mass is 323 g/mol. The van der Waals surface area contributed by atoms with E-state index in [0.717, 1.165) is 10.2 Å². The zero-order chi connectivity index (χ0) is 13.8. The molecule has 0 amide bonds. The highest BCUT2D eigenvalue weighted by atomic mass is 79.9. The molecule has 2 rings (SSSR count). The van der Waals surface area contributed by atoms with Crippen LogP contribution in [0.2, 0.25) is 0 Å². The molecule has 0 aliphatic heterocycles. The summed E-state index contributed by atoms with van der Waals surface area (Å²) in [5, 5.41) is 0. The van der Waals surface area contributed by atoms with Crippen molar-refractivity contribution in [1.29, 1.82) is 0 Å². The number of rotatable bonds is 4. The first-order valence-electron chi connectivity index (χ1n) is 5.59. The summed E-state index contributed by atoms with van der Waals surface area (Å²) in [6, 6.07) is 10.7. The fourth-order valence-electron chi connectivity index (χ4n) is 1.56. The Labute approximate surface area is 120 Å². The normalized spacial score (nSPS) is 10.1. The molecule has 2 N–H and O–H groups in total. The molecule has 0 atom stereocenters. The molecule has 4 nitrogen and oxygen atoms in total. The number of hydrogen-bond donors (Lipinski definition) is 1. The Morgan fingerprint density at radius 2 is 1.47 bits per heavy atom. The minimum Gasteiger partial charge on any atom is -0.497 e. The first kappa shape index (κ1) is 13.5. The van der Waals surface area contributed by atoms with Gasteiger partial charge in [-0.15, -0.1) is 0 Å². The SMILES string of the molecule is COc1ccc(Oc2ccc(OC)cc2Br)c(N)c1. The van der Waals surface area contributed by atoms with E-state index in [1.54, 1.807) is 32.4 Å². The predicted molar refractivity (Wildman–Crippen MR) is 78.2 cm³/mol. The topological polar surface area (TPSA) is 53.7 Å². The van der Waals surface area contributed by atoms with E-state index in [0.29, 0.717) is 22.9 Å². The van der Waals surface area contributed by atoms with Crippen molar-refractivity contribution in [3.63, 3.8) is 0 Å². The molecule has 0 bridgehead atoms. The second-order valence-corrected chi connectivity index (χ2v) is 4.66. The van der Waals surface area contributed by atoms with Crippen molar-refractivity contribution >= 4 is 21.6 Å². The third kappa shape index (κ3) is 3.12. The van der Waals surface area contributed by atoms with Crippen molar-refractivity contribution in [1.82, 2.24) is 0 Å². The minimum atomic E-state index is 0.516. The van der Waals surface area contributed by atoms with Gasteiger partial charge in [0.25, 0.3) is 0 Å². The van der Waals surface area contributed by atoms with Crippen LogP contribution < -0.4 is 19.9 Å². The second-order valence-electron chi connectivity index (χ2n) is 3.80. The van der Waals surface area contributed by atoms with Crippen molar-refractivity contribution in [3.05, 3.63) is 40.9 Å². The van der Waals surface area contributed by atoms with Gasteiger partial charge in [-0.25, -0.2) is 0 Å². The van der Waals surface area contributed by atoms with Gasteiger partial charge in [-0.2, -0.15) is 0 Å². The molecule has 0 aliphatic rings. The van der Waals surface area contributed by atoms with Crippen molar-refractivity contribution in [2.45, 2.75) is 0 Å². The Hall–Kier alpha value is -1.88. The second kappa shape index (κ2) is 5.84. The van der Waals surface area contributed by atoms with Crippen LogP contribution in [0.15, 0.2) is 40.9 Å². The first-order valence-corrected chi connectivity index (χ1v) is 6.38. The van der Waals surface area contributed by atoms with Crippen molar-refractivity contribution in [3.8, 4) is 23.0 Å². The molecular weight excluding hydrogens is 310 g/mol. The van der Waals surface area contributed by atoms with E-state index >= 15 is 0 Å². The highest BCUT2D eigenvalue weighted by molar-refractivity contribution is 9.10. The Morgan fingerprint density at radius 3 is 2.00 bits per heavy atom. The minimum absolute atomic E-state index is 0.516. The molecule has 0 aliphatic carbocycles. The number of anilines is 1. The van der Waals surface area contributed by atoms with Crippen LogP contribution in [0.5, 0.6) is 23.0 Å². The van der Waals surface area contributed by atoms with Crippen LogP contribution in [0.4, 0.5) is 5.69 Å². The van der Waals surface area contributed by atoms with E-state index < -0.39 is 0 Å². The third-order valence-electron chi connectivity index (χ3n) is 2.58. The lowest BCUT2D eigenvalue weighted by Gasteiger charge is -2.11. The fraction of sp³-hybridized carbons (Fsp3) is 0.143. The molecule has 100 valence electrons. The summed E-state index contributed by atoms with van der Waals surface area (Å²) in [6.45, 7) is 0. The average Bonchev–Trinajstić information content (AvgIpc) is 2.42. The molecule has 0 saturated carbocycles. The Morgan fingerprint density at radius 1 is 0.895 bits per heavy atom. The number of halogens is 1. The van der Waals surface area contributed by atoms with Crippen LogP contribution >= 0.6 is 15.9 Å². The quantitative estimate of drug-likeness (QED) is 0.868. The lowest BCUT2D eigenvalue weighted by Crippen LogP contribution is -1.94. The van der Waals surface area contributed by atoms with Crippen LogP contribution in [0.25, 0.3) is 0 Å². The Bertz CT molecular complexity index is 535. The summed E-state index contributed by atoms with van der Waals surface area (Å²) in [5.74, 6) is 2.69. The summed E-state index contributed by atoms with van der Waals surface area (Å²) in [4.78, 5) is 0. The van der Waals surface area contributed by atoms with E-state index in [4.69, 9.17) is 19.9 Å². The molecule has 5 heteroatoms. The van der Waals surface area contributed by atoms with Gasteiger partial charge in [0.15, 0.2) is 5.75 Å². The van der Waals surface area contributed by atoms with Gasteiger partial charge in [-0.1, -0.05) is 0 Å². The van der Waals surface area contributed by atoms with Gasteiger partial charge >= 0.3 is 0 Å². The van der Waals surface area contributed by atoms with Gasteiger partial charge in [0, 0.05) is 6.07 Å². The third-order valence-corrected chi connectivity index (χ3v) is 3.20. The average molecular weight is 324 g/mol. The van der Waals surface area contributed by atoms with Crippen molar-refractivity contribution in [2.24, 2.45) is 0 Å². The molecule has 19 heavy (non-hydrogen) atoms. The summed E-state index contributed by atoms with van der Waals surface area (Å²) >= 11 is 3.43. The van der Waals surface area contributed by atoms with Gasteiger partial charge in [-0.3, -0.25) is 0 Å². The lowest BCUT2D eigenvalue weighted by atomic mass is 10.2. The molecule has 0 aromatic heterocycles. The van der Waals surface area contributed by atoms with E-state index in [2.05, 4.69) is 15.9 Å². The number of methoxy groups -OCH3 is 2. The standard InChI is InChI=1S/C14H14BrNO3/c1-17-9-3-5-13(11(15)7-9)19-14-6-4-10(18-2)8-12(14)16/h3-8H,16H2,1-2H3. The molecule has 0 heterocycles. The van der Waals surface area contributed by atoms with Crippen LogP contribution in [0, 0.1) is 0 Å². The number of ether oxygens (including phenoxy) is 3. The molecule has 0 saturated heterocycles. The molecular formula is C14H14BrNO3. The Kier molecular flexibility index (Phi) is 4.16. The van der Waals surface area contributed by atoms with Crippen LogP contribution in [0.1, 0.15) is 0 Å². The van der Waals surface area contributed by atoms with Crippen LogP contribution in [-0.4, -0.2) is 14.2 Å². The summed E-state index contributed by atoms with van der Waals surface area (Å²) in [6.07, 6.45) is 0. The fourth-order valence-corrected chi connectivity index (χ4v) is 1.99. The summed E-state index contributed by atoms with van der Waals surface area (Å²) in [7, 11) is 3.21. The van der Waals surface area contributed by atoms with Gasteiger partial charge < -0.3 is 19.9 Å². The van der Waals surface area contributed by atoms with E-state index in [9.17, 15) is 0 Å². The maximum Gasteiger partial charge on any atom is 0.150 e. The smallest absolute Gasteiger partial charge is 0.150 e. The maximum atomic E-state index is 5.91. The van der Waals surface area contributed by atoms with Gasteiger partial charge in [0.1, 0.15) is 17.2 Å². The van der Waals surface area contributed by atoms with Gasteiger partial charge in [0.2, 0.25) is 0 Å². The molecule has 0 fully saturated rings. The highest BCUT2D eigenvalue weighted by Gasteiger charge is 2.07. The number of nitrogen functional groups attached to an aromatic ring is 1. The molecule has 0 radical (unpaired) electrons. The van der Waals surface area contributed by atoms with E-state index in [1.165, 1.54) is 0 Å². The van der Waals surface area contributed by atoms with Gasteiger partial charge in [-0.05, 0) is 46.3 Å². The predicted octanol–water partition coefficient (Wildman–Crippen LogP) is 3.84. The zero-order valence-electron chi connectivity index (χ0n) is 10.6. The Balaban J connectivity index is 2.26.